The Labute approximate surface area is 105 Å². The number of hydrogen-bond donors (Lipinski definition) is 1. The molecule has 0 saturated heterocycles. The van der Waals surface area contributed by atoms with Crippen LogP contribution < -0.4 is 5.32 Å². The molecule has 0 bridgehead atoms. The maximum absolute atomic E-state index is 6.24. The van der Waals surface area contributed by atoms with Crippen LogP contribution in [0, 0.1) is 0 Å². The Morgan fingerprint density at radius 1 is 1.35 bits per heavy atom. The molecule has 0 unspecified atom stereocenters. The van der Waals surface area contributed by atoms with Gasteiger partial charge in [0.1, 0.15) is 0 Å². The van der Waals surface area contributed by atoms with Gasteiger partial charge in [0.05, 0.1) is 10.7 Å². The second kappa shape index (κ2) is 4.17. The van der Waals surface area contributed by atoms with Crippen molar-refractivity contribution in [1.29, 1.82) is 0 Å². The first-order valence-electron chi connectivity index (χ1n) is 5.77. The largest absolute Gasteiger partial charge is 0.312 e. The highest BCUT2D eigenvalue weighted by atomic mass is 35.5. The Morgan fingerprint density at radius 3 is 3.00 bits per heavy atom. The summed E-state index contributed by atoms with van der Waals surface area (Å²) in [4.78, 5) is 0. The van der Waals surface area contributed by atoms with Crippen molar-refractivity contribution in [3.8, 4) is 11.3 Å². The van der Waals surface area contributed by atoms with Crippen molar-refractivity contribution in [1.82, 2.24) is 15.1 Å². The van der Waals surface area contributed by atoms with Gasteiger partial charge in [0, 0.05) is 43.4 Å². The molecule has 1 N–H and O–H groups in total. The summed E-state index contributed by atoms with van der Waals surface area (Å²) in [5.41, 5.74) is 4.64. The van der Waals surface area contributed by atoms with Crippen molar-refractivity contribution in [3.63, 3.8) is 0 Å². The zero-order valence-electron chi connectivity index (χ0n) is 9.70. The summed E-state index contributed by atoms with van der Waals surface area (Å²) in [6.07, 6.45) is 1.03. The fraction of sp³-hybridized carbons (Fsp3) is 0.308. The fourth-order valence-corrected chi connectivity index (χ4v) is 2.62. The normalized spacial score (nSPS) is 14.7. The van der Waals surface area contributed by atoms with E-state index in [2.05, 4.69) is 10.4 Å². The first-order chi connectivity index (χ1) is 8.27. The minimum Gasteiger partial charge on any atom is -0.312 e. The van der Waals surface area contributed by atoms with Crippen LogP contribution in [-0.4, -0.2) is 16.3 Å². The summed E-state index contributed by atoms with van der Waals surface area (Å²) >= 11 is 6.24. The minimum absolute atomic E-state index is 0.763. The van der Waals surface area contributed by atoms with Crippen LogP contribution in [0.3, 0.4) is 0 Å². The molecule has 0 amide bonds. The van der Waals surface area contributed by atoms with Crippen molar-refractivity contribution in [2.75, 3.05) is 6.54 Å². The molecule has 1 aromatic carbocycles. The second-order valence-corrected chi connectivity index (χ2v) is 4.71. The van der Waals surface area contributed by atoms with E-state index in [4.69, 9.17) is 11.6 Å². The number of aromatic nitrogens is 2. The number of fused-ring (bicyclic) bond motifs is 1. The zero-order chi connectivity index (χ0) is 11.8. The van der Waals surface area contributed by atoms with E-state index < -0.39 is 0 Å². The molecule has 0 saturated carbocycles. The van der Waals surface area contributed by atoms with Crippen LogP contribution >= 0.6 is 11.6 Å². The Kier molecular flexibility index (Phi) is 2.65. The number of hydrogen-bond acceptors (Lipinski definition) is 2. The van der Waals surface area contributed by atoms with Crippen LogP contribution in [0.4, 0.5) is 0 Å². The van der Waals surface area contributed by atoms with E-state index in [-0.39, 0.29) is 0 Å². The van der Waals surface area contributed by atoms with Crippen molar-refractivity contribution >= 4 is 11.6 Å². The molecular formula is C13H14ClN3. The summed E-state index contributed by atoms with van der Waals surface area (Å²) in [7, 11) is 2.00. The van der Waals surface area contributed by atoms with Crippen LogP contribution in [-0.2, 0) is 20.0 Å². The standard InChI is InChI=1S/C13H14ClN3/c1-17-12-6-7-15-8-10(12)13(16-17)9-4-2-3-5-11(9)14/h2-5,15H,6-8H2,1H3. The molecule has 0 fully saturated rings. The molecule has 1 aliphatic rings. The summed E-state index contributed by atoms with van der Waals surface area (Å²) in [5, 5.41) is 8.77. The summed E-state index contributed by atoms with van der Waals surface area (Å²) in [6.45, 7) is 1.90. The number of halogens is 1. The molecule has 1 aromatic heterocycles. The van der Waals surface area contributed by atoms with E-state index in [9.17, 15) is 0 Å². The SMILES string of the molecule is Cn1nc(-c2ccccc2Cl)c2c1CCNC2. The van der Waals surface area contributed by atoms with Gasteiger partial charge in [0.2, 0.25) is 0 Å². The molecule has 3 rings (SSSR count). The van der Waals surface area contributed by atoms with Crippen molar-refractivity contribution < 1.29 is 0 Å². The van der Waals surface area contributed by atoms with Gasteiger partial charge in [0.25, 0.3) is 0 Å². The van der Waals surface area contributed by atoms with Crippen LogP contribution in [0.5, 0.6) is 0 Å². The summed E-state index contributed by atoms with van der Waals surface area (Å²) < 4.78 is 1.98. The van der Waals surface area contributed by atoms with Crippen LogP contribution in [0.2, 0.25) is 5.02 Å². The predicted molar refractivity (Wildman–Crippen MR) is 69.1 cm³/mol. The molecular weight excluding hydrogens is 234 g/mol. The molecule has 0 atom stereocenters. The van der Waals surface area contributed by atoms with Gasteiger partial charge in [-0.15, -0.1) is 0 Å². The van der Waals surface area contributed by atoms with E-state index in [1.165, 1.54) is 11.3 Å². The van der Waals surface area contributed by atoms with Gasteiger partial charge in [-0.05, 0) is 6.07 Å². The predicted octanol–water partition coefficient (Wildman–Crippen LogP) is 2.39. The number of nitrogens with one attached hydrogen (secondary N) is 1. The van der Waals surface area contributed by atoms with Gasteiger partial charge in [-0.2, -0.15) is 5.10 Å². The molecule has 0 spiro atoms. The highest BCUT2D eigenvalue weighted by Crippen LogP contribution is 2.31. The van der Waals surface area contributed by atoms with Gasteiger partial charge in [0.15, 0.2) is 0 Å². The first kappa shape index (κ1) is 10.8. The van der Waals surface area contributed by atoms with Gasteiger partial charge in [-0.25, -0.2) is 0 Å². The van der Waals surface area contributed by atoms with Gasteiger partial charge in [-0.3, -0.25) is 4.68 Å². The molecule has 88 valence electrons. The number of benzene rings is 1. The molecule has 0 aliphatic carbocycles. The Morgan fingerprint density at radius 2 is 2.18 bits per heavy atom. The van der Waals surface area contributed by atoms with E-state index in [0.29, 0.717) is 0 Å². The number of rotatable bonds is 1. The van der Waals surface area contributed by atoms with E-state index >= 15 is 0 Å². The van der Waals surface area contributed by atoms with Crippen LogP contribution in [0.15, 0.2) is 24.3 Å². The smallest absolute Gasteiger partial charge is 0.0985 e. The second-order valence-electron chi connectivity index (χ2n) is 4.30. The number of nitrogens with zero attached hydrogens (tertiary/aromatic N) is 2. The molecule has 1 aliphatic heterocycles. The van der Waals surface area contributed by atoms with Crippen molar-refractivity contribution in [2.45, 2.75) is 13.0 Å². The third-order valence-electron chi connectivity index (χ3n) is 3.24. The highest BCUT2D eigenvalue weighted by Gasteiger charge is 2.20. The molecule has 0 radical (unpaired) electrons. The Balaban J connectivity index is 2.19. The third kappa shape index (κ3) is 1.75. The lowest BCUT2D eigenvalue weighted by molar-refractivity contribution is 0.604. The molecule has 3 nitrogen and oxygen atoms in total. The van der Waals surface area contributed by atoms with Gasteiger partial charge in [-0.1, -0.05) is 29.8 Å². The number of aryl methyl sites for hydroxylation is 1. The first-order valence-corrected chi connectivity index (χ1v) is 6.15. The molecule has 4 heteroatoms. The van der Waals surface area contributed by atoms with Crippen LogP contribution in [0.25, 0.3) is 11.3 Å². The maximum Gasteiger partial charge on any atom is 0.0985 e. The monoisotopic (exact) mass is 247 g/mol. The minimum atomic E-state index is 0.763. The fourth-order valence-electron chi connectivity index (χ4n) is 2.39. The van der Waals surface area contributed by atoms with Crippen molar-refractivity contribution in [2.24, 2.45) is 7.05 Å². The van der Waals surface area contributed by atoms with E-state index in [1.807, 2.05) is 36.0 Å². The Hall–Kier alpha value is -1.32. The highest BCUT2D eigenvalue weighted by molar-refractivity contribution is 6.33. The van der Waals surface area contributed by atoms with Gasteiger partial charge >= 0.3 is 0 Å². The van der Waals surface area contributed by atoms with Gasteiger partial charge < -0.3 is 5.32 Å². The van der Waals surface area contributed by atoms with Crippen molar-refractivity contribution in [3.05, 3.63) is 40.5 Å². The third-order valence-corrected chi connectivity index (χ3v) is 3.57. The average Bonchev–Trinajstić information content (AvgIpc) is 2.68. The average molecular weight is 248 g/mol. The maximum atomic E-state index is 6.24. The van der Waals surface area contributed by atoms with E-state index in [1.54, 1.807) is 0 Å². The lowest BCUT2D eigenvalue weighted by Gasteiger charge is -2.14. The lowest BCUT2D eigenvalue weighted by atomic mass is 10.0. The quantitative estimate of drug-likeness (QED) is 0.839. The molecule has 2 heterocycles. The summed E-state index contributed by atoms with van der Waals surface area (Å²) in [6, 6.07) is 7.88. The van der Waals surface area contributed by atoms with Crippen LogP contribution in [0.1, 0.15) is 11.3 Å². The zero-order valence-corrected chi connectivity index (χ0v) is 10.5. The summed E-state index contributed by atoms with van der Waals surface area (Å²) in [5.74, 6) is 0. The molecule has 17 heavy (non-hydrogen) atoms. The Bertz CT molecular complexity index is 560. The topological polar surface area (TPSA) is 29.9 Å². The lowest BCUT2D eigenvalue weighted by Crippen LogP contribution is -2.24. The van der Waals surface area contributed by atoms with E-state index in [0.717, 1.165) is 35.8 Å². The molecule has 2 aromatic rings.